The van der Waals surface area contributed by atoms with Crippen LogP contribution in [-0.2, 0) is 11.2 Å². The van der Waals surface area contributed by atoms with Gasteiger partial charge in [-0.3, -0.25) is 9.59 Å². The van der Waals surface area contributed by atoms with E-state index in [1.165, 1.54) is 0 Å². The zero-order valence-electron chi connectivity index (χ0n) is 9.38. The molecule has 0 radical (unpaired) electrons. The van der Waals surface area contributed by atoms with Crippen LogP contribution in [0.15, 0.2) is 18.2 Å². The first-order valence-electron chi connectivity index (χ1n) is 5.66. The number of amides is 1. The lowest BCUT2D eigenvalue weighted by Gasteiger charge is -2.08. The molecule has 0 aromatic heterocycles. The SMILES string of the molecule is CCC(=O)c1ccc2c(c1)CCCC(=O)N2. The van der Waals surface area contributed by atoms with Crippen LogP contribution in [0.1, 0.15) is 42.1 Å². The van der Waals surface area contributed by atoms with E-state index in [1.807, 2.05) is 19.1 Å². The van der Waals surface area contributed by atoms with Gasteiger partial charge < -0.3 is 5.32 Å². The largest absolute Gasteiger partial charge is 0.326 e. The van der Waals surface area contributed by atoms with Gasteiger partial charge in [0.1, 0.15) is 0 Å². The van der Waals surface area contributed by atoms with Gasteiger partial charge in [-0.25, -0.2) is 0 Å². The molecule has 0 saturated carbocycles. The molecule has 16 heavy (non-hydrogen) atoms. The lowest BCUT2D eigenvalue weighted by atomic mass is 10.0. The van der Waals surface area contributed by atoms with E-state index in [0.29, 0.717) is 12.8 Å². The number of benzene rings is 1. The lowest BCUT2D eigenvalue weighted by Crippen LogP contribution is -2.09. The van der Waals surface area contributed by atoms with Gasteiger partial charge in [-0.2, -0.15) is 0 Å². The number of ketones is 1. The van der Waals surface area contributed by atoms with Crippen molar-refractivity contribution < 1.29 is 9.59 Å². The summed E-state index contributed by atoms with van der Waals surface area (Å²) in [7, 11) is 0. The average Bonchev–Trinajstić information content (AvgIpc) is 2.47. The van der Waals surface area contributed by atoms with Gasteiger partial charge in [-0.1, -0.05) is 6.92 Å². The number of nitrogens with one attached hydrogen (secondary N) is 1. The van der Waals surface area contributed by atoms with E-state index in [9.17, 15) is 9.59 Å². The molecule has 1 amide bonds. The van der Waals surface area contributed by atoms with Gasteiger partial charge in [-0.05, 0) is 36.6 Å². The number of anilines is 1. The molecule has 1 aliphatic heterocycles. The third-order valence-electron chi connectivity index (χ3n) is 2.87. The van der Waals surface area contributed by atoms with Crippen molar-refractivity contribution in [2.45, 2.75) is 32.6 Å². The Kier molecular flexibility index (Phi) is 3.04. The molecule has 2 rings (SSSR count). The van der Waals surface area contributed by atoms with Gasteiger partial charge in [0, 0.05) is 24.1 Å². The predicted molar refractivity (Wildman–Crippen MR) is 62.6 cm³/mol. The smallest absolute Gasteiger partial charge is 0.224 e. The quantitative estimate of drug-likeness (QED) is 0.774. The lowest BCUT2D eigenvalue weighted by molar-refractivity contribution is -0.116. The van der Waals surface area contributed by atoms with Crippen molar-refractivity contribution in [2.75, 3.05) is 5.32 Å². The molecule has 0 atom stereocenters. The summed E-state index contributed by atoms with van der Waals surface area (Å²) in [6.07, 6.45) is 2.79. The van der Waals surface area contributed by atoms with Crippen LogP contribution in [0.3, 0.4) is 0 Å². The van der Waals surface area contributed by atoms with E-state index in [1.54, 1.807) is 6.07 Å². The number of carbonyl (C=O) groups excluding carboxylic acids is 2. The second-order valence-electron chi connectivity index (χ2n) is 4.05. The molecule has 0 unspecified atom stereocenters. The van der Waals surface area contributed by atoms with Crippen LogP contribution in [0.5, 0.6) is 0 Å². The number of hydrogen-bond donors (Lipinski definition) is 1. The van der Waals surface area contributed by atoms with Crippen LogP contribution in [0.2, 0.25) is 0 Å². The zero-order valence-corrected chi connectivity index (χ0v) is 9.38. The normalized spacial score (nSPS) is 14.9. The molecular weight excluding hydrogens is 202 g/mol. The fourth-order valence-electron chi connectivity index (χ4n) is 1.95. The first-order chi connectivity index (χ1) is 7.70. The second-order valence-corrected chi connectivity index (χ2v) is 4.05. The van der Waals surface area contributed by atoms with E-state index in [-0.39, 0.29) is 11.7 Å². The highest BCUT2D eigenvalue weighted by Crippen LogP contribution is 2.23. The number of carbonyl (C=O) groups is 2. The molecule has 1 aromatic rings. The summed E-state index contributed by atoms with van der Waals surface area (Å²) in [5, 5.41) is 2.86. The van der Waals surface area contributed by atoms with Gasteiger partial charge >= 0.3 is 0 Å². The molecule has 0 bridgehead atoms. The molecule has 3 nitrogen and oxygen atoms in total. The van der Waals surface area contributed by atoms with Gasteiger partial charge in [0.05, 0.1) is 0 Å². The molecule has 1 aliphatic rings. The minimum Gasteiger partial charge on any atom is -0.326 e. The Labute approximate surface area is 94.9 Å². The van der Waals surface area contributed by atoms with Crippen molar-refractivity contribution in [3.8, 4) is 0 Å². The highest BCUT2D eigenvalue weighted by Gasteiger charge is 2.14. The summed E-state index contributed by atoms with van der Waals surface area (Å²) in [5.74, 6) is 0.215. The maximum Gasteiger partial charge on any atom is 0.224 e. The van der Waals surface area contributed by atoms with Crippen LogP contribution in [0.4, 0.5) is 5.69 Å². The number of rotatable bonds is 2. The van der Waals surface area contributed by atoms with Crippen molar-refractivity contribution in [1.82, 2.24) is 0 Å². The minimum atomic E-state index is 0.0633. The van der Waals surface area contributed by atoms with E-state index >= 15 is 0 Å². The maximum absolute atomic E-state index is 11.6. The maximum atomic E-state index is 11.6. The fraction of sp³-hybridized carbons (Fsp3) is 0.385. The van der Waals surface area contributed by atoms with Gasteiger partial charge in [-0.15, -0.1) is 0 Å². The highest BCUT2D eigenvalue weighted by atomic mass is 16.1. The second kappa shape index (κ2) is 4.47. The molecule has 0 fully saturated rings. The first-order valence-corrected chi connectivity index (χ1v) is 5.66. The van der Waals surface area contributed by atoms with E-state index in [0.717, 1.165) is 29.7 Å². The van der Waals surface area contributed by atoms with Crippen molar-refractivity contribution in [2.24, 2.45) is 0 Å². The van der Waals surface area contributed by atoms with E-state index in [2.05, 4.69) is 5.32 Å². The van der Waals surface area contributed by atoms with Crippen LogP contribution in [0, 0.1) is 0 Å². The van der Waals surface area contributed by atoms with Crippen molar-refractivity contribution in [1.29, 1.82) is 0 Å². The molecule has 0 spiro atoms. The summed E-state index contributed by atoms with van der Waals surface area (Å²) in [4.78, 5) is 22.9. The Bertz CT molecular complexity index is 438. The Morgan fingerprint density at radius 1 is 1.38 bits per heavy atom. The Hall–Kier alpha value is -1.64. The standard InChI is InChI=1S/C13H15NO2/c1-2-12(15)10-6-7-11-9(8-10)4-3-5-13(16)14-11/h6-8H,2-5H2,1H3,(H,14,16). The Morgan fingerprint density at radius 2 is 2.19 bits per heavy atom. The van der Waals surface area contributed by atoms with Gasteiger partial charge in [0.15, 0.2) is 5.78 Å². The topological polar surface area (TPSA) is 46.2 Å². The summed E-state index contributed by atoms with van der Waals surface area (Å²) in [6.45, 7) is 1.86. The van der Waals surface area contributed by atoms with E-state index in [4.69, 9.17) is 0 Å². The Morgan fingerprint density at radius 3 is 2.94 bits per heavy atom. The fourth-order valence-corrected chi connectivity index (χ4v) is 1.95. The third-order valence-corrected chi connectivity index (χ3v) is 2.87. The summed E-state index contributed by atoms with van der Waals surface area (Å²) < 4.78 is 0. The van der Waals surface area contributed by atoms with Crippen LogP contribution in [-0.4, -0.2) is 11.7 Å². The van der Waals surface area contributed by atoms with Crippen molar-refractivity contribution >= 4 is 17.4 Å². The first kappa shape index (κ1) is 10.9. The summed E-state index contributed by atoms with van der Waals surface area (Å²) in [6, 6.07) is 5.53. The van der Waals surface area contributed by atoms with Crippen molar-refractivity contribution in [3.63, 3.8) is 0 Å². The number of fused-ring (bicyclic) bond motifs is 1. The average molecular weight is 217 g/mol. The molecule has 3 heteroatoms. The third kappa shape index (κ3) is 2.13. The number of Topliss-reactive ketones (excluding diaryl/α,β-unsaturated/α-hetero) is 1. The van der Waals surface area contributed by atoms with Gasteiger partial charge in [0.25, 0.3) is 0 Å². The summed E-state index contributed by atoms with van der Waals surface area (Å²) in [5.41, 5.74) is 2.68. The van der Waals surface area contributed by atoms with E-state index < -0.39 is 0 Å². The molecular formula is C13H15NO2. The molecule has 1 N–H and O–H groups in total. The highest BCUT2D eigenvalue weighted by molar-refractivity contribution is 5.98. The summed E-state index contributed by atoms with van der Waals surface area (Å²) >= 11 is 0. The molecule has 1 heterocycles. The number of aryl methyl sites for hydroxylation is 1. The molecule has 84 valence electrons. The van der Waals surface area contributed by atoms with Crippen LogP contribution >= 0.6 is 0 Å². The monoisotopic (exact) mass is 217 g/mol. The van der Waals surface area contributed by atoms with Gasteiger partial charge in [0.2, 0.25) is 5.91 Å². The van der Waals surface area contributed by atoms with Crippen LogP contribution in [0.25, 0.3) is 0 Å². The van der Waals surface area contributed by atoms with Crippen molar-refractivity contribution in [3.05, 3.63) is 29.3 Å². The predicted octanol–water partition coefficient (Wildman–Crippen LogP) is 2.55. The number of hydrogen-bond acceptors (Lipinski definition) is 2. The molecule has 0 aliphatic carbocycles. The van der Waals surface area contributed by atoms with Crippen LogP contribution < -0.4 is 5.32 Å². The zero-order chi connectivity index (χ0) is 11.5. The Balaban J connectivity index is 2.35. The molecule has 0 saturated heterocycles. The molecule has 1 aromatic carbocycles. The minimum absolute atomic E-state index is 0.0633.